The van der Waals surface area contributed by atoms with Gasteiger partial charge in [-0.25, -0.2) is 0 Å². The average molecular weight is 420 g/mol. The molecule has 0 bridgehead atoms. The van der Waals surface area contributed by atoms with Crippen LogP contribution in [-0.4, -0.2) is 33.3 Å². The van der Waals surface area contributed by atoms with Crippen LogP contribution in [0.1, 0.15) is 16.7 Å². The molecule has 2 N–H and O–H groups in total. The summed E-state index contributed by atoms with van der Waals surface area (Å²) in [5.74, 6) is 1.62. The zero-order chi connectivity index (χ0) is 18.8. The lowest BCUT2D eigenvalue weighted by molar-refractivity contribution is 0.145. The minimum atomic E-state index is 0.531. The van der Waals surface area contributed by atoms with Crippen LogP contribution in [-0.2, 0) is 17.8 Å². The largest absolute Gasteiger partial charge is 0.491 e. The van der Waals surface area contributed by atoms with Crippen molar-refractivity contribution >= 4 is 21.9 Å². The zero-order valence-electron chi connectivity index (χ0n) is 15.5. The molecule has 6 heteroatoms. The Hall–Kier alpha value is -2.05. The van der Waals surface area contributed by atoms with Crippen molar-refractivity contribution in [3.05, 3.63) is 63.6 Å². The van der Waals surface area contributed by atoms with Gasteiger partial charge in [-0.05, 0) is 36.2 Å². The number of hydrogen-bond acceptors (Lipinski definition) is 3. The summed E-state index contributed by atoms with van der Waals surface area (Å²) >= 11 is 3.49. The SMILES string of the molecule is CN=C(NCc1cccc(Br)c1)NCc1ccc(C)cc1OCCOC. The van der Waals surface area contributed by atoms with Crippen LogP contribution in [0.3, 0.4) is 0 Å². The summed E-state index contributed by atoms with van der Waals surface area (Å²) in [5, 5.41) is 6.66. The van der Waals surface area contributed by atoms with E-state index in [0.717, 1.165) is 21.7 Å². The number of nitrogens with one attached hydrogen (secondary N) is 2. The highest BCUT2D eigenvalue weighted by Gasteiger charge is 2.06. The fourth-order valence-electron chi connectivity index (χ4n) is 2.41. The van der Waals surface area contributed by atoms with Gasteiger partial charge in [0.15, 0.2) is 5.96 Å². The van der Waals surface area contributed by atoms with Gasteiger partial charge in [-0.2, -0.15) is 0 Å². The maximum Gasteiger partial charge on any atom is 0.191 e. The van der Waals surface area contributed by atoms with Gasteiger partial charge < -0.3 is 20.1 Å². The van der Waals surface area contributed by atoms with Gasteiger partial charge in [0.25, 0.3) is 0 Å². The average Bonchev–Trinajstić information content (AvgIpc) is 2.63. The van der Waals surface area contributed by atoms with Crippen LogP contribution in [0.2, 0.25) is 0 Å². The maximum absolute atomic E-state index is 5.84. The molecule has 0 radical (unpaired) electrons. The molecular formula is C20H26BrN3O2. The normalized spacial score (nSPS) is 11.3. The number of nitrogens with zero attached hydrogens (tertiary/aromatic N) is 1. The second kappa shape index (κ2) is 10.8. The molecule has 0 atom stereocenters. The third-order valence-electron chi connectivity index (χ3n) is 3.79. The van der Waals surface area contributed by atoms with Crippen molar-refractivity contribution < 1.29 is 9.47 Å². The summed E-state index contributed by atoms with van der Waals surface area (Å²) in [6.45, 7) is 4.48. The first-order chi connectivity index (χ1) is 12.6. The Morgan fingerprint density at radius 1 is 1.08 bits per heavy atom. The molecule has 0 aliphatic rings. The van der Waals surface area contributed by atoms with Gasteiger partial charge in [-0.1, -0.05) is 40.2 Å². The molecule has 0 heterocycles. The Morgan fingerprint density at radius 2 is 1.88 bits per heavy atom. The Balaban J connectivity index is 1.93. The van der Waals surface area contributed by atoms with E-state index in [1.807, 2.05) is 18.2 Å². The number of guanidine groups is 1. The van der Waals surface area contributed by atoms with Crippen molar-refractivity contribution in [3.63, 3.8) is 0 Å². The highest BCUT2D eigenvalue weighted by molar-refractivity contribution is 9.10. The molecule has 0 fully saturated rings. The van der Waals surface area contributed by atoms with E-state index in [-0.39, 0.29) is 0 Å². The van der Waals surface area contributed by atoms with E-state index in [0.29, 0.717) is 26.3 Å². The van der Waals surface area contributed by atoms with Crippen molar-refractivity contribution in [2.24, 2.45) is 4.99 Å². The predicted molar refractivity (Wildman–Crippen MR) is 110 cm³/mol. The topological polar surface area (TPSA) is 54.9 Å². The molecule has 26 heavy (non-hydrogen) atoms. The molecule has 0 aliphatic carbocycles. The molecule has 2 rings (SSSR count). The van der Waals surface area contributed by atoms with Crippen molar-refractivity contribution in [1.82, 2.24) is 10.6 Å². The predicted octanol–water partition coefficient (Wildman–Crippen LogP) is 3.65. The maximum atomic E-state index is 5.84. The lowest BCUT2D eigenvalue weighted by Crippen LogP contribution is -2.36. The second-order valence-corrected chi connectivity index (χ2v) is 6.78. The van der Waals surface area contributed by atoms with Gasteiger partial charge in [0.05, 0.1) is 6.61 Å². The summed E-state index contributed by atoms with van der Waals surface area (Å²) in [6.07, 6.45) is 0. The van der Waals surface area contributed by atoms with Crippen LogP contribution < -0.4 is 15.4 Å². The third kappa shape index (κ3) is 6.69. The molecule has 2 aromatic rings. The van der Waals surface area contributed by atoms with Gasteiger partial charge in [0.1, 0.15) is 12.4 Å². The molecule has 0 saturated heterocycles. The molecule has 0 saturated carbocycles. The van der Waals surface area contributed by atoms with Gasteiger partial charge in [-0.15, -0.1) is 0 Å². The van der Waals surface area contributed by atoms with E-state index in [2.05, 4.69) is 62.7 Å². The summed E-state index contributed by atoms with van der Waals surface area (Å²) in [6, 6.07) is 14.4. The van der Waals surface area contributed by atoms with Crippen LogP contribution in [0.15, 0.2) is 51.9 Å². The van der Waals surface area contributed by atoms with Gasteiger partial charge in [0.2, 0.25) is 0 Å². The van der Waals surface area contributed by atoms with Crippen molar-refractivity contribution in [3.8, 4) is 5.75 Å². The Kier molecular flexibility index (Phi) is 8.44. The number of aliphatic imine (C=N–C) groups is 1. The van der Waals surface area contributed by atoms with Crippen LogP contribution >= 0.6 is 15.9 Å². The number of hydrogen-bond donors (Lipinski definition) is 2. The molecular weight excluding hydrogens is 394 g/mol. The van der Waals surface area contributed by atoms with Crippen LogP contribution in [0.4, 0.5) is 0 Å². The number of aryl methyl sites for hydroxylation is 1. The number of rotatable bonds is 8. The smallest absolute Gasteiger partial charge is 0.191 e. The molecule has 5 nitrogen and oxygen atoms in total. The third-order valence-corrected chi connectivity index (χ3v) is 4.28. The molecule has 0 aliphatic heterocycles. The van der Waals surface area contributed by atoms with Crippen molar-refractivity contribution in [2.45, 2.75) is 20.0 Å². The minimum absolute atomic E-state index is 0.531. The summed E-state index contributed by atoms with van der Waals surface area (Å²) < 4.78 is 12.0. The van der Waals surface area contributed by atoms with Crippen molar-refractivity contribution in [2.75, 3.05) is 27.4 Å². The standard InChI is InChI=1S/C20H26BrN3O2/c1-15-7-8-17(19(11-15)26-10-9-25-3)14-24-20(22-2)23-13-16-5-4-6-18(21)12-16/h4-8,11-12H,9-10,13-14H2,1-3H3,(H2,22,23,24). The van der Waals surface area contributed by atoms with Gasteiger partial charge in [0, 0.05) is 37.3 Å². The fraction of sp³-hybridized carbons (Fsp3) is 0.350. The number of halogens is 1. The van der Waals surface area contributed by atoms with Crippen LogP contribution in [0.25, 0.3) is 0 Å². The van der Waals surface area contributed by atoms with E-state index in [1.165, 1.54) is 11.1 Å². The lowest BCUT2D eigenvalue weighted by Gasteiger charge is -2.15. The number of benzene rings is 2. The fourth-order valence-corrected chi connectivity index (χ4v) is 2.86. The highest BCUT2D eigenvalue weighted by Crippen LogP contribution is 2.20. The molecule has 0 unspecified atom stereocenters. The first-order valence-corrected chi connectivity index (χ1v) is 9.32. The summed E-state index contributed by atoms with van der Waals surface area (Å²) in [5.41, 5.74) is 3.43. The Bertz CT molecular complexity index is 735. The molecule has 0 amide bonds. The van der Waals surface area contributed by atoms with E-state index in [4.69, 9.17) is 9.47 Å². The minimum Gasteiger partial charge on any atom is -0.491 e. The van der Waals surface area contributed by atoms with E-state index in [1.54, 1.807) is 14.2 Å². The highest BCUT2D eigenvalue weighted by atomic mass is 79.9. The van der Waals surface area contributed by atoms with Gasteiger partial charge in [-0.3, -0.25) is 4.99 Å². The number of methoxy groups -OCH3 is 1. The van der Waals surface area contributed by atoms with E-state index in [9.17, 15) is 0 Å². The quantitative estimate of drug-likeness (QED) is 0.389. The van der Waals surface area contributed by atoms with Gasteiger partial charge >= 0.3 is 0 Å². The monoisotopic (exact) mass is 419 g/mol. The zero-order valence-corrected chi connectivity index (χ0v) is 17.1. The Labute approximate surface area is 163 Å². The number of ether oxygens (including phenoxy) is 2. The lowest BCUT2D eigenvalue weighted by atomic mass is 10.1. The van der Waals surface area contributed by atoms with Crippen LogP contribution in [0.5, 0.6) is 5.75 Å². The van der Waals surface area contributed by atoms with Crippen molar-refractivity contribution in [1.29, 1.82) is 0 Å². The van der Waals surface area contributed by atoms with E-state index >= 15 is 0 Å². The van der Waals surface area contributed by atoms with Crippen LogP contribution in [0, 0.1) is 6.92 Å². The summed E-state index contributed by atoms with van der Waals surface area (Å²) in [4.78, 5) is 4.29. The molecule has 140 valence electrons. The molecule has 2 aromatic carbocycles. The summed E-state index contributed by atoms with van der Waals surface area (Å²) in [7, 11) is 3.43. The molecule has 0 aromatic heterocycles. The van der Waals surface area contributed by atoms with E-state index < -0.39 is 0 Å². The Morgan fingerprint density at radius 3 is 2.62 bits per heavy atom. The molecule has 0 spiro atoms. The first-order valence-electron chi connectivity index (χ1n) is 8.52. The first kappa shape index (κ1) is 20.3. The second-order valence-electron chi connectivity index (χ2n) is 5.86.